The summed E-state index contributed by atoms with van der Waals surface area (Å²) >= 11 is 0. The fourth-order valence-corrected chi connectivity index (χ4v) is 9.00. The predicted octanol–water partition coefficient (Wildman–Crippen LogP) is 12.1. The van der Waals surface area contributed by atoms with Gasteiger partial charge in [0, 0.05) is 55.2 Å². The van der Waals surface area contributed by atoms with Gasteiger partial charge in [-0.25, -0.2) is 0 Å². The number of rotatable bonds is 3. The quantitative estimate of drug-likeness (QED) is 0.205. The monoisotopic (exact) mass is 657 g/mol. The highest BCUT2D eigenvalue weighted by Crippen LogP contribution is 2.45. The molecule has 0 bridgehead atoms. The van der Waals surface area contributed by atoms with Crippen LogP contribution in [0.2, 0.25) is 0 Å². The highest BCUT2D eigenvalue weighted by molar-refractivity contribution is 6.14. The van der Waals surface area contributed by atoms with Crippen LogP contribution in [0.25, 0.3) is 88.1 Å². The van der Waals surface area contributed by atoms with Crippen molar-refractivity contribution in [1.29, 1.82) is 0 Å². The first-order chi connectivity index (χ1) is 25.1. The van der Waals surface area contributed by atoms with Gasteiger partial charge in [-0.2, -0.15) is 0 Å². The molecule has 0 saturated heterocycles. The molecule has 2 aliphatic rings. The second-order valence-corrected chi connectivity index (χ2v) is 14.2. The molecule has 3 aromatic heterocycles. The molecule has 1 N–H and O–H groups in total. The molecule has 0 saturated carbocycles. The summed E-state index contributed by atoms with van der Waals surface area (Å²) in [5.41, 5.74) is 14.2. The number of furan rings is 1. The Morgan fingerprint density at radius 1 is 0.588 bits per heavy atom. The van der Waals surface area contributed by atoms with Gasteiger partial charge in [0.05, 0.1) is 33.8 Å². The maximum atomic E-state index is 6.53. The van der Waals surface area contributed by atoms with Crippen molar-refractivity contribution >= 4 is 71.2 Å². The third kappa shape index (κ3) is 4.02. The van der Waals surface area contributed by atoms with E-state index in [1.165, 1.54) is 71.6 Å². The Hall–Kier alpha value is -6.26. The molecule has 2 atom stereocenters. The van der Waals surface area contributed by atoms with E-state index in [1.807, 2.05) is 6.07 Å². The molecule has 1 aliphatic heterocycles. The maximum absolute atomic E-state index is 6.53. The van der Waals surface area contributed by atoms with Crippen molar-refractivity contribution in [3.63, 3.8) is 0 Å². The van der Waals surface area contributed by atoms with Gasteiger partial charge >= 0.3 is 0 Å². The fraction of sp³-hybridized carbons (Fsp3) is 0.106. The van der Waals surface area contributed by atoms with Crippen molar-refractivity contribution in [1.82, 2.24) is 14.5 Å². The van der Waals surface area contributed by atoms with Crippen LogP contribution >= 0.6 is 0 Å². The van der Waals surface area contributed by atoms with Gasteiger partial charge in [0.15, 0.2) is 0 Å². The van der Waals surface area contributed by atoms with Crippen LogP contribution in [-0.2, 0) is 0 Å². The number of fused-ring (bicyclic) bond motifs is 9. The van der Waals surface area contributed by atoms with Gasteiger partial charge in [0.2, 0.25) is 0 Å². The Morgan fingerprint density at radius 2 is 1.22 bits per heavy atom. The van der Waals surface area contributed by atoms with Gasteiger partial charge in [-0.1, -0.05) is 91.9 Å². The number of benzene rings is 6. The summed E-state index contributed by atoms with van der Waals surface area (Å²) in [4.78, 5) is 0. The normalized spacial score (nSPS) is 17.6. The summed E-state index contributed by atoms with van der Waals surface area (Å²) in [6, 6.07) is 46.7. The smallest absolute Gasteiger partial charge is 0.137 e. The SMILES string of the molecule is CC1CC=C(n2c3ccccc3c3cc(-c4cc5c(cc4-n4c6ccccc6c6ccccc64)oc4ccccc45)ccc32)C2=C1C=CNC2C. The van der Waals surface area contributed by atoms with Crippen molar-refractivity contribution in [3.05, 3.63) is 157 Å². The zero-order chi connectivity index (χ0) is 33.8. The summed E-state index contributed by atoms with van der Waals surface area (Å²) in [5.74, 6) is 0.498. The fourth-order valence-electron chi connectivity index (χ4n) is 9.00. The summed E-state index contributed by atoms with van der Waals surface area (Å²) in [7, 11) is 0. The number of nitrogens with zero attached hydrogens (tertiary/aromatic N) is 2. The van der Waals surface area contributed by atoms with Gasteiger partial charge in [0.25, 0.3) is 0 Å². The zero-order valence-electron chi connectivity index (χ0n) is 28.5. The lowest BCUT2D eigenvalue weighted by Gasteiger charge is -2.33. The lowest BCUT2D eigenvalue weighted by atomic mass is 9.82. The third-order valence-electron chi connectivity index (χ3n) is 11.4. The molecule has 4 nitrogen and oxygen atoms in total. The van der Waals surface area contributed by atoms with Crippen LogP contribution in [0, 0.1) is 5.92 Å². The van der Waals surface area contributed by atoms with Crippen molar-refractivity contribution in [2.24, 2.45) is 5.92 Å². The molecular formula is C47H35N3O. The Morgan fingerprint density at radius 3 is 1.96 bits per heavy atom. The average molecular weight is 658 g/mol. The zero-order valence-corrected chi connectivity index (χ0v) is 28.5. The maximum Gasteiger partial charge on any atom is 0.137 e. The largest absolute Gasteiger partial charge is 0.456 e. The first-order valence-electron chi connectivity index (χ1n) is 18.0. The Balaban J connectivity index is 1.21. The Kier molecular flexibility index (Phi) is 5.95. The summed E-state index contributed by atoms with van der Waals surface area (Å²) < 4.78 is 11.5. The van der Waals surface area contributed by atoms with Gasteiger partial charge in [0.1, 0.15) is 11.2 Å². The molecule has 0 fully saturated rings. The highest BCUT2D eigenvalue weighted by Gasteiger charge is 2.29. The number of aromatic nitrogens is 2. The van der Waals surface area contributed by atoms with E-state index in [1.54, 1.807) is 0 Å². The number of para-hydroxylation sites is 4. The Labute approximate surface area is 295 Å². The van der Waals surface area contributed by atoms with Crippen LogP contribution in [0.1, 0.15) is 20.3 Å². The molecular weight excluding hydrogens is 623 g/mol. The molecule has 0 radical (unpaired) electrons. The summed E-state index contributed by atoms with van der Waals surface area (Å²) in [5, 5.41) is 10.8. The number of hydrogen-bond donors (Lipinski definition) is 1. The topological polar surface area (TPSA) is 35.0 Å². The number of allylic oxidation sites excluding steroid dienone is 3. The van der Waals surface area contributed by atoms with Crippen molar-refractivity contribution < 1.29 is 4.42 Å². The van der Waals surface area contributed by atoms with Crippen LogP contribution < -0.4 is 5.32 Å². The molecule has 0 amide bonds. The van der Waals surface area contributed by atoms with E-state index in [0.717, 1.165) is 34.0 Å². The van der Waals surface area contributed by atoms with Crippen LogP contribution in [0.4, 0.5) is 0 Å². The number of dihydropyridines is 1. The molecule has 9 aromatic rings. The molecule has 0 spiro atoms. The predicted molar refractivity (Wildman–Crippen MR) is 213 cm³/mol. The van der Waals surface area contributed by atoms with Crippen molar-refractivity contribution in [2.45, 2.75) is 26.3 Å². The lowest BCUT2D eigenvalue weighted by molar-refractivity contribution is 0.637. The molecule has 2 unspecified atom stereocenters. The summed E-state index contributed by atoms with van der Waals surface area (Å²) in [6.45, 7) is 4.63. The molecule has 51 heavy (non-hydrogen) atoms. The van der Waals surface area contributed by atoms with E-state index in [9.17, 15) is 0 Å². The van der Waals surface area contributed by atoms with Crippen LogP contribution in [0.5, 0.6) is 0 Å². The van der Waals surface area contributed by atoms with Gasteiger partial charge in [-0.05, 0) is 85.1 Å². The minimum absolute atomic E-state index is 0.236. The molecule has 1 aliphatic carbocycles. The average Bonchev–Trinajstić information content (AvgIpc) is 3.82. The number of nitrogens with one attached hydrogen (secondary N) is 1. The third-order valence-corrected chi connectivity index (χ3v) is 11.4. The van der Waals surface area contributed by atoms with Crippen LogP contribution in [0.3, 0.4) is 0 Å². The van der Waals surface area contributed by atoms with E-state index in [4.69, 9.17) is 4.42 Å². The van der Waals surface area contributed by atoms with E-state index >= 15 is 0 Å². The minimum Gasteiger partial charge on any atom is -0.456 e. The molecule has 244 valence electrons. The minimum atomic E-state index is 0.236. The van der Waals surface area contributed by atoms with Crippen molar-refractivity contribution in [2.75, 3.05) is 0 Å². The van der Waals surface area contributed by atoms with E-state index in [0.29, 0.717) is 5.92 Å². The molecule has 4 heterocycles. The summed E-state index contributed by atoms with van der Waals surface area (Å²) in [6.07, 6.45) is 7.89. The van der Waals surface area contributed by atoms with E-state index in [-0.39, 0.29) is 6.04 Å². The van der Waals surface area contributed by atoms with E-state index < -0.39 is 0 Å². The standard InChI is InChI=1S/C47H35N3O/c1-28-19-21-43(47-29(2)48-24-23-31(28)47)49-41-17-9-5-13-34(41)37-25-30(20-22-42(37)49)36-26-38-35-14-6-10-18-45(35)51-46(38)27-44(36)50-39-15-7-3-11-32(39)33-12-4-8-16-40(33)50/h3-18,20-29,48H,19H2,1-2H3. The van der Waals surface area contributed by atoms with Gasteiger partial charge < -0.3 is 18.9 Å². The van der Waals surface area contributed by atoms with Gasteiger partial charge in [-0.3, -0.25) is 0 Å². The van der Waals surface area contributed by atoms with Crippen molar-refractivity contribution in [3.8, 4) is 16.8 Å². The molecule has 4 heteroatoms. The number of hydrogen-bond acceptors (Lipinski definition) is 2. The van der Waals surface area contributed by atoms with Crippen LogP contribution in [0.15, 0.2) is 161 Å². The first kappa shape index (κ1) is 28.6. The second kappa shape index (κ2) is 10.6. The van der Waals surface area contributed by atoms with Gasteiger partial charge in [-0.15, -0.1) is 0 Å². The second-order valence-electron chi connectivity index (χ2n) is 14.2. The molecule has 11 rings (SSSR count). The van der Waals surface area contributed by atoms with Crippen LogP contribution in [-0.4, -0.2) is 15.2 Å². The van der Waals surface area contributed by atoms with E-state index in [2.05, 4.69) is 168 Å². The molecule has 6 aromatic carbocycles. The first-order valence-corrected chi connectivity index (χ1v) is 18.0. The lowest BCUT2D eigenvalue weighted by Crippen LogP contribution is -2.31. The Bertz CT molecular complexity index is 2960. The highest BCUT2D eigenvalue weighted by atomic mass is 16.3.